The van der Waals surface area contributed by atoms with Crippen LogP contribution in [0, 0.1) is 0 Å². The van der Waals surface area contributed by atoms with E-state index in [1.807, 2.05) is 0 Å². The predicted molar refractivity (Wildman–Crippen MR) is 63.7 cm³/mol. The summed E-state index contributed by atoms with van der Waals surface area (Å²) in [5.74, 6) is 2.46. The highest BCUT2D eigenvalue weighted by Crippen LogP contribution is 2.27. The predicted octanol–water partition coefficient (Wildman–Crippen LogP) is 0.906. The summed E-state index contributed by atoms with van der Waals surface area (Å²) in [5.41, 5.74) is 1.34. The second-order valence-electron chi connectivity index (χ2n) is 5.16. The Labute approximate surface area is 96.4 Å². The number of nitrogens with zero attached hydrogens (tertiary/aromatic N) is 2. The average Bonchev–Trinajstić information content (AvgIpc) is 2.97. The van der Waals surface area contributed by atoms with Crippen molar-refractivity contribution in [3.8, 4) is 0 Å². The highest BCUT2D eigenvalue weighted by molar-refractivity contribution is 5.13. The van der Waals surface area contributed by atoms with E-state index in [0.29, 0.717) is 11.8 Å². The second kappa shape index (κ2) is 4.18. The fraction of sp³-hybridized carbons (Fsp3) is 0.750. The first-order chi connectivity index (χ1) is 7.83. The van der Waals surface area contributed by atoms with Gasteiger partial charge in [-0.3, -0.25) is 0 Å². The lowest BCUT2D eigenvalue weighted by Gasteiger charge is -2.08. The third kappa shape index (κ3) is 1.87. The molecule has 2 aliphatic rings. The molecule has 0 radical (unpaired) electrons. The van der Waals surface area contributed by atoms with Crippen LogP contribution >= 0.6 is 0 Å². The molecule has 2 N–H and O–H groups in total. The molecule has 0 bridgehead atoms. The van der Waals surface area contributed by atoms with Crippen molar-refractivity contribution in [1.82, 2.24) is 20.2 Å². The number of aromatic amines is 1. The normalized spacial score (nSPS) is 31.3. The Balaban J connectivity index is 1.72. The molecule has 2 fully saturated rings. The Morgan fingerprint density at radius 3 is 3.00 bits per heavy atom. The van der Waals surface area contributed by atoms with Gasteiger partial charge < -0.3 is 15.2 Å². The molecule has 16 heavy (non-hydrogen) atoms. The van der Waals surface area contributed by atoms with Gasteiger partial charge in [0.05, 0.1) is 0 Å². The van der Waals surface area contributed by atoms with E-state index in [-0.39, 0.29) is 0 Å². The third-order valence-electron chi connectivity index (χ3n) is 3.89. The highest BCUT2D eigenvalue weighted by atomic mass is 15.1. The molecule has 0 saturated carbocycles. The van der Waals surface area contributed by atoms with Crippen molar-refractivity contribution < 1.29 is 0 Å². The first-order valence-electron chi connectivity index (χ1n) is 6.27. The molecule has 0 spiro atoms. The summed E-state index contributed by atoms with van der Waals surface area (Å²) in [4.78, 5) is 10.5. The summed E-state index contributed by atoms with van der Waals surface area (Å²) in [6, 6.07) is 0. The quantitative estimate of drug-likeness (QED) is 0.778. The molecule has 4 heteroatoms. The van der Waals surface area contributed by atoms with Gasteiger partial charge in [0.25, 0.3) is 0 Å². The fourth-order valence-electron chi connectivity index (χ4n) is 2.84. The van der Waals surface area contributed by atoms with Gasteiger partial charge in [-0.1, -0.05) is 0 Å². The van der Waals surface area contributed by atoms with Crippen molar-refractivity contribution in [2.75, 3.05) is 33.2 Å². The lowest BCUT2D eigenvalue weighted by Crippen LogP contribution is -2.13. The third-order valence-corrected chi connectivity index (χ3v) is 3.89. The van der Waals surface area contributed by atoms with E-state index in [4.69, 9.17) is 0 Å². The van der Waals surface area contributed by atoms with Crippen LogP contribution in [0.3, 0.4) is 0 Å². The lowest BCUT2D eigenvalue weighted by atomic mass is 10.1. The molecule has 88 valence electrons. The summed E-state index contributed by atoms with van der Waals surface area (Å²) in [6.45, 7) is 4.60. The minimum atomic E-state index is 0.605. The van der Waals surface area contributed by atoms with E-state index in [9.17, 15) is 0 Å². The maximum absolute atomic E-state index is 4.55. The van der Waals surface area contributed by atoms with E-state index in [1.165, 1.54) is 37.4 Å². The number of hydrogen-bond donors (Lipinski definition) is 2. The van der Waals surface area contributed by atoms with Crippen molar-refractivity contribution in [1.29, 1.82) is 0 Å². The van der Waals surface area contributed by atoms with Crippen LogP contribution in [0.4, 0.5) is 0 Å². The zero-order valence-corrected chi connectivity index (χ0v) is 9.87. The van der Waals surface area contributed by atoms with Gasteiger partial charge in [0, 0.05) is 36.8 Å². The number of rotatable bonds is 2. The van der Waals surface area contributed by atoms with Crippen molar-refractivity contribution >= 4 is 0 Å². The van der Waals surface area contributed by atoms with E-state index in [1.54, 1.807) is 0 Å². The molecule has 2 unspecified atom stereocenters. The monoisotopic (exact) mass is 220 g/mol. The van der Waals surface area contributed by atoms with Crippen LogP contribution in [0.25, 0.3) is 0 Å². The SMILES string of the molecule is CN1CCC(c2cnc(C3CCNC3)[nH]2)C1. The number of likely N-dealkylation sites (N-methyl/N-ethyl adjacent to an activating group) is 1. The topological polar surface area (TPSA) is 44.0 Å². The Morgan fingerprint density at radius 1 is 1.38 bits per heavy atom. The van der Waals surface area contributed by atoms with Crippen LogP contribution < -0.4 is 5.32 Å². The molecule has 3 rings (SSSR count). The van der Waals surface area contributed by atoms with Gasteiger partial charge in [-0.05, 0) is 33.0 Å². The molecule has 3 heterocycles. The molecule has 1 aromatic rings. The van der Waals surface area contributed by atoms with Gasteiger partial charge in [0.2, 0.25) is 0 Å². The fourth-order valence-corrected chi connectivity index (χ4v) is 2.84. The van der Waals surface area contributed by atoms with Gasteiger partial charge in [-0.2, -0.15) is 0 Å². The number of hydrogen-bond acceptors (Lipinski definition) is 3. The minimum Gasteiger partial charge on any atom is -0.345 e. The summed E-state index contributed by atoms with van der Waals surface area (Å²) in [7, 11) is 2.19. The van der Waals surface area contributed by atoms with Crippen molar-refractivity contribution in [3.05, 3.63) is 17.7 Å². The van der Waals surface area contributed by atoms with E-state index in [0.717, 1.165) is 13.1 Å². The lowest BCUT2D eigenvalue weighted by molar-refractivity contribution is 0.411. The highest BCUT2D eigenvalue weighted by Gasteiger charge is 2.25. The van der Waals surface area contributed by atoms with E-state index < -0.39 is 0 Å². The van der Waals surface area contributed by atoms with Crippen LogP contribution in [0.2, 0.25) is 0 Å². The van der Waals surface area contributed by atoms with Gasteiger partial charge in [-0.15, -0.1) is 0 Å². The molecule has 2 atom stereocenters. The van der Waals surface area contributed by atoms with Crippen LogP contribution in [0.15, 0.2) is 6.20 Å². The molecule has 0 aromatic carbocycles. The zero-order chi connectivity index (χ0) is 11.0. The molecule has 0 amide bonds. The molecule has 2 aliphatic heterocycles. The smallest absolute Gasteiger partial charge is 0.110 e. The molecule has 1 aromatic heterocycles. The van der Waals surface area contributed by atoms with Crippen LogP contribution in [-0.4, -0.2) is 48.1 Å². The number of imidazole rings is 1. The molecular formula is C12H20N4. The molecule has 0 aliphatic carbocycles. The van der Waals surface area contributed by atoms with Crippen molar-refractivity contribution in [2.24, 2.45) is 0 Å². The van der Waals surface area contributed by atoms with Crippen molar-refractivity contribution in [2.45, 2.75) is 24.7 Å². The average molecular weight is 220 g/mol. The van der Waals surface area contributed by atoms with Crippen LogP contribution in [0.1, 0.15) is 36.2 Å². The first-order valence-corrected chi connectivity index (χ1v) is 6.27. The number of aromatic nitrogens is 2. The summed E-state index contributed by atoms with van der Waals surface area (Å²) >= 11 is 0. The van der Waals surface area contributed by atoms with Gasteiger partial charge in [-0.25, -0.2) is 4.98 Å². The second-order valence-corrected chi connectivity index (χ2v) is 5.16. The Kier molecular flexibility index (Phi) is 2.69. The number of H-pyrrole nitrogens is 1. The Morgan fingerprint density at radius 2 is 2.31 bits per heavy atom. The zero-order valence-electron chi connectivity index (χ0n) is 9.87. The number of nitrogens with one attached hydrogen (secondary N) is 2. The van der Waals surface area contributed by atoms with Gasteiger partial charge in [0.15, 0.2) is 0 Å². The maximum Gasteiger partial charge on any atom is 0.110 e. The summed E-state index contributed by atoms with van der Waals surface area (Å²) in [6.07, 6.45) is 4.54. The van der Waals surface area contributed by atoms with Crippen LogP contribution in [-0.2, 0) is 0 Å². The molecular weight excluding hydrogens is 200 g/mol. The Hall–Kier alpha value is -0.870. The van der Waals surface area contributed by atoms with E-state index in [2.05, 4.69) is 33.4 Å². The summed E-state index contributed by atoms with van der Waals surface area (Å²) in [5, 5.41) is 3.39. The standard InChI is InChI=1S/C12H20N4/c1-16-5-3-10(8-16)11-7-14-12(15-11)9-2-4-13-6-9/h7,9-10,13H,2-6,8H2,1H3,(H,14,15). The summed E-state index contributed by atoms with van der Waals surface area (Å²) < 4.78 is 0. The van der Waals surface area contributed by atoms with Gasteiger partial charge >= 0.3 is 0 Å². The van der Waals surface area contributed by atoms with E-state index >= 15 is 0 Å². The maximum atomic E-state index is 4.55. The molecule has 2 saturated heterocycles. The van der Waals surface area contributed by atoms with Crippen LogP contribution in [0.5, 0.6) is 0 Å². The van der Waals surface area contributed by atoms with Gasteiger partial charge in [0.1, 0.15) is 5.82 Å². The largest absolute Gasteiger partial charge is 0.345 e. The minimum absolute atomic E-state index is 0.605. The Bertz CT molecular complexity index is 354. The molecule has 4 nitrogen and oxygen atoms in total. The van der Waals surface area contributed by atoms with Crippen molar-refractivity contribution in [3.63, 3.8) is 0 Å². The first kappa shape index (κ1) is 10.3. The number of likely N-dealkylation sites (tertiary alicyclic amines) is 1.